The topological polar surface area (TPSA) is 49.3 Å². The summed E-state index contributed by atoms with van der Waals surface area (Å²) >= 11 is 0. The maximum atomic E-state index is 11.4. The largest absolute Gasteiger partial charge is 0.396 e. The zero-order valence-electron chi connectivity index (χ0n) is 10.4. The number of carbonyl (C=O) groups excluding carboxylic acids is 1. The zero-order chi connectivity index (χ0) is 12.5. The van der Waals surface area contributed by atoms with E-state index in [2.05, 4.69) is 24.4 Å². The van der Waals surface area contributed by atoms with Crippen LogP contribution in [0.2, 0.25) is 0 Å². The lowest BCUT2D eigenvalue weighted by Crippen LogP contribution is -2.22. The molecule has 94 valence electrons. The van der Waals surface area contributed by atoms with Gasteiger partial charge in [0.25, 0.3) is 0 Å². The molecule has 0 aromatic heterocycles. The average Bonchev–Trinajstić information content (AvgIpc) is 2.37. The maximum absolute atomic E-state index is 11.4. The second-order valence-corrected chi connectivity index (χ2v) is 4.13. The Morgan fingerprint density at radius 1 is 1.18 bits per heavy atom. The zero-order valence-corrected chi connectivity index (χ0v) is 10.4. The van der Waals surface area contributed by atoms with Crippen LogP contribution in [0.4, 0.5) is 0 Å². The van der Waals surface area contributed by atoms with Crippen molar-refractivity contribution < 1.29 is 9.90 Å². The highest BCUT2D eigenvalue weighted by Gasteiger charge is 2.00. The smallest absolute Gasteiger partial charge is 0.220 e. The second-order valence-electron chi connectivity index (χ2n) is 4.13. The Labute approximate surface area is 103 Å². The molecule has 1 aromatic carbocycles. The number of aliphatic hydroxyl groups excluding tert-OH is 1. The first-order valence-corrected chi connectivity index (χ1v) is 6.21. The van der Waals surface area contributed by atoms with Crippen molar-refractivity contribution >= 4 is 5.91 Å². The molecule has 0 aliphatic rings. The monoisotopic (exact) mass is 235 g/mol. The highest BCUT2D eigenvalue weighted by atomic mass is 16.2. The van der Waals surface area contributed by atoms with Gasteiger partial charge in [-0.2, -0.15) is 0 Å². The van der Waals surface area contributed by atoms with Crippen LogP contribution in [0, 0.1) is 0 Å². The minimum atomic E-state index is 0.0537. The van der Waals surface area contributed by atoms with Crippen molar-refractivity contribution in [1.82, 2.24) is 5.32 Å². The second kappa shape index (κ2) is 7.85. The standard InChI is InChI=1S/C14H21NO2/c1-2-12-6-8-13(9-7-12)11-15-14(17)5-3-4-10-16/h6-9,16H,2-5,10-11H2,1H3,(H,15,17). The van der Waals surface area contributed by atoms with Crippen molar-refractivity contribution in [2.45, 2.75) is 39.2 Å². The lowest BCUT2D eigenvalue weighted by Gasteiger charge is -2.05. The normalized spacial score (nSPS) is 10.2. The van der Waals surface area contributed by atoms with Crippen LogP contribution in [0.1, 0.15) is 37.3 Å². The first-order chi connectivity index (χ1) is 8.26. The summed E-state index contributed by atoms with van der Waals surface area (Å²) in [4.78, 5) is 11.4. The Kier molecular flexibility index (Phi) is 6.33. The Bertz CT molecular complexity index is 333. The number of nitrogens with one attached hydrogen (secondary N) is 1. The summed E-state index contributed by atoms with van der Waals surface area (Å²) in [5.74, 6) is 0.0537. The van der Waals surface area contributed by atoms with E-state index in [0.717, 1.165) is 18.4 Å². The van der Waals surface area contributed by atoms with Crippen molar-refractivity contribution in [2.75, 3.05) is 6.61 Å². The molecule has 0 atom stereocenters. The van der Waals surface area contributed by atoms with Crippen LogP contribution in [-0.2, 0) is 17.8 Å². The Balaban J connectivity index is 2.27. The van der Waals surface area contributed by atoms with Crippen LogP contribution in [-0.4, -0.2) is 17.6 Å². The molecule has 0 heterocycles. The molecule has 0 unspecified atom stereocenters. The van der Waals surface area contributed by atoms with E-state index in [1.165, 1.54) is 5.56 Å². The van der Waals surface area contributed by atoms with Gasteiger partial charge in [-0.1, -0.05) is 31.2 Å². The number of unbranched alkanes of at least 4 members (excludes halogenated alkanes) is 1. The van der Waals surface area contributed by atoms with E-state index in [1.54, 1.807) is 0 Å². The number of hydrogen-bond acceptors (Lipinski definition) is 2. The summed E-state index contributed by atoms with van der Waals surface area (Å²) in [6.45, 7) is 2.87. The minimum absolute atomic E-state index is 0.0537. The summed E-state index contributed by atoms with van der Waals surface area (Å²) in [7, 11) is 0. The molecule has 2 N–H and O–H groups in total. The molecule has 1 amide bonds. The molecule has 0 saturated heterocycles. The van der Waals surface area contributed by atoms with Gasteiger partial charge in [-0.05, 0) is 30.4 Å². The molecular formula is C14H21NO2. The third kappa shape index (κ3) is 5.50. The number of benzene rings is 1. The number of carbonyl (C=O) groups is 1. The molecule has 3 nitrogen and oxygen atoms in total. The SMILES string of the molecule is CCc1ccc(CNC(=O)CCCCO)cc1. The van der Waals surface area contributed by atoms with E-state index >= 15 is 0 Å². The molecule has 0 radical (unpaired) electrons. The molecule has 0 spiro atoms. The Hall–Kier alpha value is -1.35. The van der Waals surface area contributed by atoms with Crippen LogP contribution in [0.25, 0.3) is 0 Å². The molecule has 0 saturated carbocycles. The molecule has 0 aliphatic carbocycles. The molecule has 0 fully saturated rings. The Morgan fingerprint density at radius 2 is 1.82 bits per heavy atom. The predicted octanol–water partition coefficient (Wildman–Crippen LogP) is 2.03. The van der Waals surface area contributed by atoms with Crippen LogP contribution in [0.3, 0.4) is 0 Å². The molecule has 1 rings (SSSR count). The fraction of sp³-hybridized carbons (Fsp3) is 0.500. The molecule has 0 bridgehead atoms. The average molecular weight is 235 g/mol. The summed E-state index contributed by atoms with van der Waals surface area (Å²) < 4.78 is 0. The first kappa shape index (κ1) is 13.7. The van der Waals surface area contributed by atoms with Crippen LogP contribution in [0.5, 0.6) is 0 Å². The lowest BCUT2D eigenvalue weighted by atomic mass is 10.1. The van der Waals surface area contributed by atoms with E-state index in [9.17, 15) is 4.79 Å². The number of aryl methyl sites for hydroxylation is 1. The maximum Gasteiger partial charge on any atom is 0.220 e. The summed E-state index contributed by atoms with van der Waals surface area (Å²) in [5.41, 5.74) is 2.43. The number of rotatable bonds is 7. The van der Waals surface area contributed by atoms with Crippen LogP contribution in [0.15, 0.2) is 24.3 Å². The van der Waals surface area contributed by atoms with Gasteiger partial charge in [-0.15, -0.1) is 0 Å². The summed E-state index contributed by atoms with van der Waals surface area (Å²) in [5, 5.41) is 11.5. The van der Waals surface area contributed by atoms with Crippen molar-refractivity contribution in [2.24, 2.45) is 0 Å². The van der Waals surface area contributed by atoms with Gasteiger partial charge >= 0.3 is 0 Å². The van der Waals surface area contributed by atoms with E-state index in [4.69, 9.17) is 5.11 Å². The highest BCUT2D eigenvalue weighted by Crippen LogP contribution is 2.05. The van der Waals surface area contributed by atoms with Crippen molar-refractivity contribution in [3.63, 3.8) is 0 Å². The molecular weight excluding hydrogens is 214 g/mol. The molecule has 17 heavy (non-hydrogen) atoms. The summed E-state index contributed by atoms with van der Waals surface area (Å²) in [6.07, 6.45) is 2.97. The molecule has 0 aliphatic heterocycles. The highest BCUT2D eigenvalue weighted by molar-refractivity contribution is 5.75. The van der Waals surface area contributed by atoms with Gasteiger partial charge in [0.1, 0.15) is 0 Å². The quantitative estimate of drug-likeness (QED) is 0.710. The van der Waals surface area contributed by atoms with Gasteiger partial charge < -0.3 is 10.4 Å². The van der Waals surface area contributed by atoms with Crippen molar-refractivity contribution in [3.05, 3.63) is 35.4 Å². The minimum Gasteiger partial charge on any atom is -0.396 e. The fourth-order valence-electron chi connectivity index (χ4n) is 1.58. The van der Waals surface area contributed by atoms with Crippen molar-refractivity contribution in [3.8, 4) is 0 Å². The van der Waals surface area contributed by atoms with Gasteiger partial charge in [0, 0.05) is 19.6 Å². The van der Waals surface area contributed by atoms with Gasteiger partial charge in [0.2, 0.25) is 5.91 Å². The van der Waals surface area contributed by atoms with E-state index in [0.29, 0.717) is 19.4 Å². The van der Waals surface area contributed by atoms with Gasteiger partial charge in [0.15, 0.2) is 0 Å². The van der Waals surface area contributed by atoms with Crippen LogP contribution >= 0.6 is 0 Å². The first-order valence-electron chi connectivity index (χ1n) is 6.21. The lowest BCUT2D eigenvalue weighted by molar-refractivity contribution is -0.121. The molecule has 3 heteroatoms. The number of hydrogen-bond donors (Lipinski definition) is 2. The van der Waals surface area contributed by atoms with Gasteiger partial charge in [0.05, 0.1) is 0 Å². The third-order valence-electron chi connectivity index (χ3n) is 2.73. The van der Waals surface area contributed by atoms with Crippen molar-refractivity contribution in [1.29, 1.82) is 0 Å². The van der Waals surface area contributed by atoms with E-state index in [1.807, 2.05) is 12.1 Å². The third-order valence-corrected chi connectivity index (χ3v) is 2.73. The van der Waals surface area contributed by atoms with Gasteiger partial charge in [-0.3, -0.25) is 4.79 Å². The Morgan fingerprint density at radius 3 is 2.41 bits per heavy atom. The molecule has 1 aromatic rings. The van der Waals surface area contributed by atoms with Crippen LogP contribution < -0.4 is 5.32 Å². The summed E-state index contributed by atoms with van der Waals surface area (Å²) in [6, 6.07) is 8.28. The van der Waals surface area contributed by atoms with Gasteiger partial charge in [-0.25, -0.2) is 0 Å². The number of amides is 1. The number of aliphatic hydroxyl groups is 1. The van der Waals surface area contributed by atoms with E-state index in [-0.39, 0.29) is 12.5 Å². The predicted molar refractivity (Wildman–Crippen MR) is 68.6 cm³/mol. The van der Waals surface area contributed by atoms with E-state index < -0.39 is 0 Å². The fourth-order valence-corrected chi connectivity index (χ4v) is 1.58.